The number of ether oxygens (including phenoxy) is 2. The number of hydrogen-bond donors (Lipinski definition) is 0. The summed E-state index contributed by atoms with van der Waals surface area (Å²) in [5, 5.41) is 0. The number of nitrogens with zero attached hydrogens (tertiary/aromatic N) is 1. The van der Waals surface area contributed by atoms with E-state index in [4.69, 9.17) is 9.47 Å². The Labute approximate surface area is 164 Å². The Morgan fingerprint density at radius 3 is 2.37 bits per heavy atom. The second-order valence-electron chi connectivity index (χ2n) is 8.79. The van der Waals surface area contributed by atoms with E-state index < -0.39 is 0 Å². The standard InChI is InChI=1S/C23H35NO3/c1-15(2)20-11-6-16(3)14-22(20)27-23(25)21-12-13-24(21)17(4)18-7-9-19(26-5)10-8-18/h7-10,15-17,20-22H,6,11-14H2,1-5H3. The molecule has 4 heteroatoms. The van der Waals surface area contributed by atoms with Crippen molar-refractivity contribution in [2.45, 2.75) is 71.6 Å². The number of methoxy groups -OCH3 is 1. The van der Waals surface area contributed by atoms with Gasteiger partial charge in [0, 0.05) is 12.6 Å². The maximum Gasteiger partial charge on any atom is 0.323 e. The van der Waals surface area contributed by atoms with Crippen LogP contribution in [0.1, 0.15) is 65.0 Å². The molecule has 0 N–H and O–H groups in total. The summed E-state index contributed by atoms with van der Waals surface area (Å²) in [6.45, 7) is 9.90. The first kappa shape index (κ1) is 20.2. The van der Waals surface area contributed by atoms with Crippen molar-refractivity contribution < 1.29 is 14.3 Å². The van der Waals surface area contributed by atoms with Crippen molar-refractivity contribution in [2.24, 2.45) is 17.8 Å². The highest BCUT2D eigenvalue weighted by Crippen LogP contribution is 2.37. The molecule has 1 heterocycles. The highest BCUT2D eigenvalue weighted by Gasteiger charge is 2.41. The normalized spacial score (nSPS) is 29.9. The molecule has 3 rings (SSSR count). The van der Waals surface area contributed by atoms with Crippen LogP contribution in [0.2, 0.25) is 0 Å². The lowest BCUT2D eigenvalue weighted by Crippen LogP contribution is -2.54. The lowest BCUT2D eigenvalue weighted by Gasteiger charge is -2.45. The molecule has 2 aliphatic rings. The van der Waals surface area contributed by atoms with E-state index in [0.29, 0.717) is 17.8 Å². The third-order valence-corrected chi connectivity index (χ3v) is 6.66. The summed E-state index contributed by atoms with van der Waals surface area (Å²) in [6, 6.07) is 8.23. The van der Waals surface area contributed by atoms with E-state index in [9.17, 15) is 4.79 Å². The molecule has 150 valence electrons. The molecular weight excluding hydrogens is 338 g/mol. The molecule has 1 aliphatic heterocycles. The van der Waals surface area contributed by atoms with Gasteiger partial charge >= 0.3 is 5.97 Å². The van der Waals surface area contributed by atoms with Gasteiger partial charge in [-0.3, -0.25) is 9.69 Å². The van der Waals surface area contributed by atoms with Gasteiger partial charge in [0.1, 0.15) is 17.9 Å². The van der Waals surface area contributed by atoms with Crippen molar-refractivity contribution in [1.82, 2.24) is 4.90 Å². The second-order valence-corrected chi connectivity index (χ2v) is 8.79. The van der Waals surface area contributed by atoms with Gasteiger partial charge in [0.15, 0.2) is 0 Å². The zero-order chi connectivity index (χ0) is 19.6. The van der Waals surface area contributed by atoms with Gasteiger partial charge in [-0.25, -0.2) is 0 Å². The highest BCUT2D eigenvalue weighted by atomic mass is 16.5. The minimum atomic E-state index is -0.104. The minimum Gasteiger partial charge on any atom is -0.497 e. The third kappa shape index (κ3) is 4.48. The molecule has 0 bridgehead atoms. The van der Waals surface area contributed by atoms with Crippen LogP contribution in [0.15, 0.2) is 24.3 Å². The summed E-state index contributed by atoms with van der Waals surface area (Å²) < 4.78 is 11.3. The smallest absolute Gasteiger partial charge is 0.323 e. The fourth-order valence-electron chi connectivity index (χ4n) is 4.68. The second kappa shape index (κ2) is 8.64. The first-order valence-electron chi connectivity index (χ1n) is 10.5. The highest BCUT2D eigenvalue weighted by molar-refractivity contribution is 5.77. The molecule has 1 aromatic carbocycles. The molecule has 0 radical (unpaired) electrons. The zero-order valence-electron chi connectivity index (χ0n) is 17.5. The van der Waals surface area contributed by atoms with Gasteiger partial charge in [0.05, 0.1) is 7.11 Å². The van der Waals surface area contributed by atoms with Crippen LogP contribution in [0.25, 0.3) is 0 Å². The number of rotatable bonds is 6. The summed E-state index contributed by atoms with van der Waals surface area (Å²) in [6.07, 6.45) is 4.41. The lowest BCUT2D eigenvalue weighted by atomic mass is 9.75. The van der Waals surface area contributed by atoms with Crippen molar-refractivity contribution in [3.05, 3.63) is 29.8 Å². The SMILES string of the molecule is COc1ccc(C(C)N2CCC2C(=O)OC2CC(C)CCC2C(C)C)cc1. The molecule has 1 aromatic rings. The first-order valence-corrected chi connectivity index (χ1v) is 10.5. The number of likely N-dealkylation sites (tertiary alicyclic amines) is 1. The van der Waals surface area contributed by atoms with Crippen LogP contribution in [0.3, 0.4) is 0 Å². The molecule has 0 amide bonds. The average molecular weight is 374 g/mol. The van der Waals surface area contributed by atoms with E-state index >= 15 is 0 Å². The van der Waals surface area contributed by atoms with Gasteiger partial charge in [-0.15, -0.1) is 0 Å². The predicted molar refractivity (Wildman–Crippen MR) is 108 cm³/mol. The summed E-state index contributed by atoms with van der Waals surface area (Å²) >= 11 is 0. The molecule has 1 saturated carbocycles. The maximum atomic E-state index is 12.9. The molecular formula is C23H35NO3. The Kier molecular flexibility index (Phi) is 6.46. The van der Waals surface area contributed by atoms with Crippen LogP contribution in [-0.2, 0) is 9.53 Å². The van der Waals surface area contributed by atoms with Crippen LogP contribution in [-0.4, -0.2) is 36.7 Å². The quantitative estimate of drug-likeness (QED) is 0.669. The van der Waals surface area contributed by atoms with Crippen LogP contribution in [0.4, 0.5) is 0 Å². The Morgan fingerprint density at radius 2 is 1.81 bits per heavy atom. The van der Waals surface area contributed by atoms with Gasteiger partial charge in [-0.1, -0.05) is 39.3 Å². The van der Waals surface area contributed by atoms with Crippen LogP contribution < -0.4 is 4.74 Å². The van der Waals surface area contributed by atoms with Crippen molar-refractivity contribution in [1.29, 1.82) is 0 Å². The van der Waals surface area contributed by atoms with Gasteiger partial charge in [-0.2, -0.15) is 0 Å². The Hall–Kier alpha value is -1.55. The molecule has 1 aliphatic carbocycles. The monoisotopic (exact) mass is 373 g/mol. The molecule has 0 spiro atoms. The molecule has 27 heavy (non-hydrogen) atoms. The summed E-state index contributed by atoms with van der Waals surface area (Å²) in [5.41, 5.74) is 1.21. The first-order chi connectivity index (χ1) is 12.9. The van der Waals surface area contributed by atoms with E-state index in [2.05, 4.69) is 44.7 Å². The number of carbonyl (C=O) groups excluding carboxylic acids is 1. The van der Waals surface area contributed by atoms with Gasteiger partial charge < -0.3 is 9.47 Å². The van der Waals surface area contributed by atoms with Crippen molar-refractivity contribution in [3.8, 4) is 5.75 Å². The minimum absolute atomic E-state index is 0.0219. The van der Waals surface area contributed by atoms with E-state index in [0.717, 1.165) is 25.1 Å². The fraction of sp³-hybridized carbons (Fsp3) is 0.696. The largest absolute Gasteiger partial charge is 0.497 e. The van der Waals surface area contributed by atoms with E-state index in [-0.39, 0.29) is 24.2 Å². The number of hydrogen-bond acceptors (Lipinski definition) is 4. The van der Waals surface area contributed by atoms with Crippen molar-refractivity contribution in [2.75, 3.05) is 13.7 Å². The summed E-state index contributed by atoms with van der Waals surface area (Å²) in [4.78, 5) is 15.2. The Bertz CT molecular complexity index is 627. The number of benzene rings is 1. The summed E-state index contributed by atoms with van der Waals surface area (Å²) in [7, 11) is 1.68. The molecule has 5 atom stereocenters. The Morgan fingerprint density at radius 1 is 1.11 bits per heavy atom. The molecule has 0 aromatic heterocycles. The average Bonchev–Trinajstić information content (AvgIpc) is 2.60. The van der Waals surface area contributed by atoms with Gasteiger partial charge in [0.2, 0.25) is 0 Å². The van der Waals surface area contributed by atoms with Crippen LogP contribution in [0.5, 0.6) is 5.75 Å². The fourth-order valence-corrected chi connectivity index (χ4v) is 4.68. The lowest BCUT2D eigenvalue weighted by molar-refractivity contribution is -0.169. The molecule has 1 saturated heterocycles. The van der Waals surface area contributed by atoms with Crippen molar-refractivity contribution in [3.63, 3.8) is 0 Å². The molecule has 4 nitrogen and oxygen atoms in total. The van der Waals surface area contributed by atoms with E-state index in [1.54, 1.807) is 7.11 Å². The maximum absolute atomic E-state index is 12.9. The van der Waals surface area contributed by atoms with Crippen LogP contribution >= 0.6 is 0 Å². The number of carbonyl (C=O) groups is 1. The molecule has 2 fully saturated rings. The summed E-state index contributed by atoms with van der Waals surface area (Å²) in [5.74, 6) is 2.54. The third-order valence-electron chi connectivity index (χ3n) is 6.66. The van der Waals surface area contributed by atoms with Gasteiger partial charge in [0.25, 0.3) is 0 Å². The van der Waals surface area contributed by atoms with Crippen molar-refractivity contribution >= 4 is 5.97 Å². The Balaban J connectivity index is 1.62. The molecule has 5 unspecified atom stereocenters. The van der Waals surface area contributed by atoms with Gasteiger partial charge in [-0.05, 0) is 61.6 Å². The predicted octanol–water partition coefficient (Wildman–Crippen LogP) is 4.83. The number of esters is 1. The topological polar surface area (TPSA) is 38.8 Å². The van der Waals surface area contributed by atoms with Crippen LogP contribution in [0, 0.1) is 17.8 Å². The van der Waals surface area contributed by atoms with E-state index in [1.165, 1.54) is 18.4 Å². The zero-order valence-corrected chi connectivity index (χ0v) is 17.5. The van der Waals surface area contributed by atoms with E-state index in [1.807, 2.05) is 12.1 Å².